The van der Waals surface area contributed by atoms with Crippen LogP contribution in [0.4, 0.5) is 24.5 Å². The second-order valence-electron chi connectivity index (χ2n) is 6.71. The molecule has 7 heteroatoms. The average Bonchev–Trinajstić information content (AvgIpc) is 2.51. The minimum absolute atomic E-state index is 0.0539. The number of aromatic nitrogens is 1. The molecule has 0 radical (unpaired) electrons. The Morgan fingerprint density at radius 2 is 1.92 bits per heavy atom. The molecule has 1 atom stereocenters. The van der Waals surface area contributed by atoms with Gasteiger partial charge < -0.3 is 15.6 Å². The molecule has 0 saturated heterocycles. The number of aromatic amines is 1. The smallest absolute Gasteiger partial charge is 0.351 e. The van der Waals surface area contributed by atoms with Crippen LogP contribution in [0, 0.1) is 6.92 Å². The van der Waals surface area contributed by atoms with Crippen molar-refractivity contribution in [3.05, 3.63) is 57.5 Å². The summed E-state index contributed by atoms with van der Waals surface area (Å²) in [6, 6.07) is 6.07. The number of rotatable bonds is 3. The SMILES string of the molecule is Cc1ccc2c(c1)C(CNC(C)C)(C(F)(F)F)c1cc[nH]c(=O)c1N2. The number of hydrogen-bond donors (Lipinski definition) is 3. The van der Waals surface area contributed by atoms with Crippen LogP contribution in [0.1, 0.15) is 30.5 Å². The van der Waals surface area contributed by atoms with Crippen molar-refractivity contribution < 1.29 is 13.2 Å². The summed E-state index contributed by atoms with van der Waals surface area (Å²) in [5.74, 6) is 0. The Bertz CT molecular complexity index is 857. The normalized spacial score (nSPS) is 19.3. The van der Waals surface area contributed by atoms with Crippen LogP contribution in [0.5, 0.6) is 0 Å². The molecule has 1 aromatic carbocycles. The van der Waals surface area contributed by atoms with Gasteiger partial charge in [-0.1, -0.05) is 31.5 Å². The molecule has 0 saturated carbocycles. The molecule has 2 heterocycles. The number of hydrogen-bond acceptors (Lipinski definition) is 3. The maximum absolute atomic E-state index is 14.5. The molecule has 1 aromatic heterocycles. The Kier molecular flexibility index (Phi) is 4.15. The summed E-state index contributed by atoms with van der Waals surface area (Å²) < 4.78 is 43.5. The van der Waals surface area contributed by atoms with E-state index in [4.69, 9.17) is 0 Å². The number of halogens is 3. The van der Waals surface area contributed by atoms with Crippen molar-refractivity contribution in [1.82, 2.24) is 10.3 Å². The predicted molar refractivity (Wildman–Crippen MR) is 91.5 cm³/mol. The van der Waals surface area contributed by atoms with Gasteiger partial charge in [0.05, 0.1) is 0 Å². The Hall–Kier alpha value is -2.28. The number of benzene rings is 1. The van der Waals surface area contributed by atoms with E-state index in [1.807, 2.05) is 0 Å². The molecule has 3 rings (SSSR count). The van der Waals surface area contributed by atoms with E-state index in [0.29, 0.717) is 5.69 Å². The van der Waals surface area contributed by atoms with E-state index in [2.05, 4.69) is 15.6 Å². The third-order valence-electron chi connectivity index (χ3n) is 4.57. The van der Waals surface area contributed by atoms with Crippen LogP contribution < -0.4 is 16.2 Å². The summed E-state index contributed by atoms with van der Waals surface area (Å²) in [5, 5.41) is 5.80. The summed E-state index contributed by atoms with van der Waals surface area (Å²) in [6.45, 7) is 5.00. The molecular formula is C18H20F3N3O. The first-order chi connectivity index (χ1) is 11.7. The van der Waals surface area contributed by atoms with Crippen LogP contribution in [-0.2, 0) is 5.41 Å². The lowest BCUT2D eigenvalue weighted by Crippen LogP contribution is -2.54. The van der Waals surface area contributed by atoms with Crippen molar-refractivity contribution in [2.75, 3.05) is 11.9 Å². The largest absolute Gasteiger partial charge is 0.403 e. The van der Waals surface area contributed by atoms with E-state index in [1.54, 1.807) is 39.0 Å². The molecule has 134 valence electrons. The third kappa shape index (κ3) is 2.72. The highest BCUT2D eigenvalue weighted by Gasteiger charge is 2.60. The second-order valence-corrected chi connectivity index (χ2v) is 6.71. The van der Waals surface area contributed by atoms with Gasteiger partial charge in [-0.25, -0.2) is 0 Å². The van der Waals surface area contributed by atoms with E-state index >= 15 is 0 Å². The van der Waals surface area contributed by atoms with Gasteiger partial charge in [-0.2, -0.15) is 13.2 Å². The first-order valence-electron chi connectivity index (χ1n) is 8.07. The van der Waals surface area contributed by atoms with Crippen LogP contribution in [0.15, 0.2) is 35.3 Å². The van der Waals surface area contributed by atoms with Crippen molar-refractivity contribution in [3.8, 4) is 0 Å². The van der Waals surface area contributed by atoms with Crippen molar-refractivity contribution in [2.45, 2.75) is 38.4 Å². The van der Waals surface area contributed by atoms with Crippen LogP contribution in [0.2, 0.25) is 0 Å². The minimum atomic E-state index is -4.58. The Morgan fingerprint density at radius 3 is 2.56 bits per heavy atom. The molecule has 4 nitrogen and oxygen atoms in total. The van der Waals surface area contributed by atoms with E-state index in [-0.39, 0.29) is 29.4 Å². The van der Waals surface area contributed by atoms with Gasteiger partial charge in [-0.05, 0) is 24.6 Å². The monoisotopic (exact) mass is 351 g/mol. The van der Waals surface area contributed by atoms with Gasteiger partial charge in [-0.3, -0.25) is 4.79 Å². The van der Waals surface area contributed by atoms with Gasteiger partial charge in [0.25, 0.3) is 5.56 Å². The van der Waals surface area contributed by atoms with E-state index in [0.717, 1.165) is 5.56 Å². The summed E-state index contributed by atoms with van der Waals surface area (Å²) in [4.78, 5) is 14.6. The Labute approximate surface area is 143 Å². The Morgan fingerprint density at radius 1 is 1.20 bits per heavy atom. The number of aryl methyl sites for hydroxylation is 1. The molecule has 0 spiro atoms. The Balaban J connectivity index is 2.37. The predicted octanol–water partition coefficient (Wildman–Crippen LogP) is 3.59. The van der Waals surface area contributed by atoms with Gasteiger partial charge in [0.2, 0.25) is 0 Å². The average molecular weight is 351 g/mol. The molecule has 3 N–H and O–H groups in total. The van der Waals surface area contributed by atoms with Gasteiger partial charge in [0, 0.05) is 30.0 Å². The van der Waals surface area contributed by atoms with Crippen LogP contribution in [-0.4, -0.2) is 23.7 Å². The quantitative estimate of drug-likeness (QED) is 0.792. The molecule has 0 fully saturated rings. The van der Waals surface area contributed by atoms with Crippen molar-refractivity contribution in [1.29, 1.82) is 0 Å². The second kappa shape index (κ2) is 5.91. The lowest BCUT2D eigenvalue weighted by Gasteiger charge is -2.42. The molecule has 0 aliphatic carbocycles. The van der Waals surface area contributed by atoms with Crippen molar-refractivity contribution in [2.24, 2.45) is 0 Å². The number of pyridine rings is 1. The van der Waals surface area contributed by atoms with Gasteiger partial charge in [0.1, 0.15) is 11.1 Å². The lowest BCUT2D eigenvalue weighted by atomic mass is 9.70. The summed E-state index contributed by atoms with van der Waals surface area (Å²) in [5.41, 5.74) is -1.82. The first-order valence-corrected chi connectivity index (χ1v) is 8.07. The molecule has 1 aliphatic rings. The van der Waals surface area contributed by atoms with Gasteiger partial charge in [0.15, 0.2) is 0 Å². The minimum Gasteiger partial charge on any atom is -0.351 e. The number of alkyl halides is 3. The number of anilines is 2. The first kappa shape index (κ1) is 17.5. The van der Waals surface area contributed by atoms with Crippen molar-refractivity contribution in [3.63, 3.8) is 0 Å². The zero-order valence-electron chi connectivity index (χ0n) is 14.2. The van der Waals surface area contributed by atoms with Crippen molar-refractivity contribution >= 4 is 11.4 Å². The molecular weight excluding hydrogens is 331 g/mol. The summed E-state index contributed by atoms with van der Waals surface area (Å²) >= 11 is 0. The van der Waals surface area contributed by atoms with Gasteiger partial charge >= 0.3 is 6.18 Å². The molecule has 2 aromatic rings. The maximum Gasteiger partial charge on any atom is 0.403 e. The highest BCUT2D eigenvalue weighted by Crippen LogP contribution is 2.53. The summed E-state index contributed by atoms with van der Waals surface area (Å²) in [7, 11) is 0. The number of H-pyrrole nitrogens is 1. The molecule has 0 amide bonds. The van der Waals surface area contributed by atoms with Crippen LogP contribution in [0.25, 0.3) is 0 Å². The molecule has 25 heavy (non-hydrogen) atoms. The molecule has 1 aliphatic heterocycles. The maximum atomic E-state index is 14.5. The van der Waals surface area contributed by atoms with Crippen LogP contribution in [0.3, 0.4) is 0 Å². The standard InChI is InChI=1S/C18H20F3N3O/c1-10(2)23-9-17(18(19,20)21)12-6-7-22-16(25)15(12)24-14-5-4-11(3)8-13(14)17/h4-8,10,23-24H,9H2,1-3H3,(H,22,25). The fourth-order valence-electron chi connectivity index (χ4n) is 3.31. The van der Waals surface area contributed by atoms with E-state index in [9.17, 15) is 18.0 Å². The lowest BCUT2D eigenvalue weighted by molar-refractivity contribution is -0.177. The molecule has 1 unspecified atom stereocenters. The highest BCUT2D eigenvalue weighted by molar-refractivity contribution is 5.76. The zero-order valence-corrected chi connectivity index (χ0v) is 14.2. The fraction of sp³-hybridized carbons (Fsp3) is 0.389. The third-order valence-corrected chi connectivity index (χ3v) is 4.57. The fourth-order valence-corrected chi connectivity index (χ4v) is 3.31. The van der Waals surface area contributed by atoms with Crippen LogP contribution >= 0.6 is 0 Å². The number of fused-ring (bicyclic) bond motifs is 2. The topological polar surface area (TPSA) is 56.9 Å². The molecule has 0 bridgehead atoms. The highest BCUT2D eigenvalue weighted by atomic mass is 19.4. The van der Waals surface area contributed by atoms with E-state index in [1.165, 1.54) is 12.3 Å². The number of nitrogens with one attached hydrogen (secondary N) is 3. The summed E-state index contributed by atoms with van der Waals surface area (Å²) in [6.07, 6.45) is -3.32. The van der Waals surface area contributed by atoms with E-state index < -0.39 is 17.2 Å². The zero-order chi connectivity index (χ0) is 18.4. The van der Waals surface area contributed by atoms with Gasteiger partial charge in [-0.15, -0.1) is 0 Å².